The maximum absolute atomic E-state index is 12.5. The van der Waals surface area contributed by atoms with Gasteiger partial charge in [0.2, 0.25) is 0 Å². The van der Waals surface area contributed by atoms with E-state index in [2.05, 4.69) is 0 Å². The van der Waals surface area contributed by atoms with Gasteiger partial charge in [0.05, 0.1) is 5.39 Å². The zero-order chi connectivity index (χ0) is 18.8. The zero-order valence-electron chi connectivity index (χ0n) is 14.2. The quantitative estimate of drug-likeness (QED) is 0.378. The van der Waals surface area contributed by atoms with Crippen LogP contribution in [0.3, 0.4) is 0 Å². The monoisotopic (exact) mass is 392 g/mol. The minimum absolute atomic E-state index is 0.407. The van der Waals surface area contributed by atoms with Crippen LogP contribution < -0.4 is 5.63 Å². The summed E-state index contributed by atoms with van der Waals surface area (Å²) in [4.78, 5) is 12.5. The van der Waals surface area contributed by atoms with Crippen molar-refractivity contribution >= 4 is 46.1 Å². The Morgan fingerprint density at radius 2 is 1.44 bits per heavy atom. The van der Waals surface area contributed by atoms with Crippen molar-refractivity contribution in [1.82, 2.24) is 0 Å². The number of hydrogen-bond acceptors (Lipinski definition) is 2. The van der Waals surface area contributed by atoms with Crippen LogP contribution in [0.25, 0.3) is 34.2 Å². The average Bonchev–Trinajstić information content (AvgIpc) is 2.69. The van der Waals surface area contributed by atoms with Gasteiger partial charge in [-0.05, 0) is 35.9 Å². The second kappa shape index (κ2) is 7.43. The molecule has 0 aliphatic heterocycles. The van der Waals surface area contributed by atoms with E-state index in [1.54, 1.807) is 12.1 Å². The zero-order valence-corrected chi connectivity index (χ0v) is 15.7. The number of rotatable bonds is 3. The topological polar surface area (TPSA) is 30.2 Å². The van der Waals surface area contributed by atoms with Crippen LogP contribution in [0, 0.1) is 0 Å². The first-order chi connectivity index (χ1) is 13.1. The highest BCUT2D eigenvalue weighted by Crippen LogP contribution is 2.31. The van der Waals surface area contributed by atoms with E-state index in [0.717, 1.165) is 22.1 Å². The first-order valence-corrected chi connectivity index (χ1v) is 9.13. The summed E-state index contributed by atoms with van der Waals surface area (Å²) in [5.74, 6) is 0.528. The Balaban J connectivity index is 1.96. The van der Waals surface area contributed by atoms with Crippen LogP contribution in [0.15, 0.2) is 82.0 Å². The van der Waals surface area contributed by atoms with E-state index in [1.165, 1.54) is 0 Å². The molecule has 0 aliphatic rings. The average molecular weight is 393 g/mol. The van der Waals surface area contributed by atoms with Crippen LogP contribution in [0.1, 0.15) is 11.1 Å². The van der Waals surface area contributed by atoms with Crippen molar-refractivity contribution < 1.29 is 4.42 Å². The normalized spacial score (nSPS) is 11.3. The molecule has 0 radical (unpaired) electrons. The van der Waals surface area contributed by atoms with Crippen LogP contribution in [0.5, 0.6) is 0 Å². The van der Waals surface area contributed by atoms with Gasteiger partial charge in [-0.15, -0.1) is 0 Å². The lowest BCUT2D eigenvalue weighted by atomic mass is 10.00. The molecule has 0 fully saturated rings. The molecule has 0 spiro atoms. The van der Waals surface area contributed by atoms with Gasteiger partial charge in [0, 0.05) is 26.6 Å². The summed E-state index contributed by atoms with van der Waals surface area (Å²) in [5, 5.41) is 2.43. The van der Waals surface area contributed by atoms with E-state index < -0.39 is 5.63 Å². The Kier molecular flexibility index (Phi) is 4.85. The van der Waals surface area contributed by atoms with Crippen molar-refractivity contribution in [3.8, 4) is 11.3 Å². The summed E-state index contributed by atoms with van der Waals surface area (Å²) in [6, 6.07) is 22.4. The van der Waals surface area contributed by atoms with Crippen molar-refractivity contribution in [2.45, 2.75) is 0 Å². The maximum atomic E-state index is 12.5. The predicted molar refractivity (Wildman–Crippen MR) is 113 cm³/mol. The Labute approximate surface area is 166 Å². The Hall–Kier alpha value is -2.81. The lowest BCUT2D eigenvalue weighted by Crippen LogP contribution is -2.03. The molecule has 0 atom stereocenters. The molecular formula is C23H14Cl2O2. The summed E-state index contributed by atoms with van der Waals surface area (Å²) >= 11 is 12.0. The molecule has 0 saturated heterocycles. The third-order valence-corrected chi connectivity index (χ3v) is 4.77. The Morgan fingerprint density at radius 3 is 2.19 bits per heavy atom. The Morgan fingerprint density at radius 1 is 0.741 bits per heavy atom. The van der Waals surface area contributed by atoms with Gasteiger partial charge in [0.15, 0.2) is 0 Å². The molecule has 1 heterocycles. The molecule has 0 saturated carbocycles. The minimum Gasteiger partial charge on any atom is -0.422 e. The molecule has 0 unspecified atom stereocenters. The molecule has 4 rings (SSSR count). The molecule has 4 heteroatoms. The molecule has 4 aromatic rings. The van der Waals surface area contributed by atoms with Gasteiger partial charge >= 0.3 is 5.63 Å². The standard InChI is InChI=1S/C23H14Cl2O2/c24-17-9-6-15(7-10-17)8-12-20-19-13-11-18(25)14-21(19)23(26)27-22(20)16-4-2-1-3-5-16/h1-14H/b12-8+. The molecule has 0 bridgehead atoms. The fraction of sp³-hybridized carbons (Fsp3) is 0. The van der Waals surface area contributed by atoms with Crippen molar-refractivity contribution in [2.24, 2.45) is 0 Å². The minimum atomic E-state index is -0.407. The number of halogens is 2. The lowest BCUT2D eigenvalue weighted by Gasteiger charge is -2.09. The van der Waals surface area contributed by atoms with Gasteiger partial charge in [0.1, 0.15) is 5.76 Å². The smallest absolute Gasteiger partial charge is 0.344 e. The maximum Gasteiger partial charge on any atom is 0.344 e. The summed E-state index contributed by atoms with van der Waals surface area (Å²) in [7, 11) is 0. The van der Waals surface area contributed by atoms with Crippen LogP contribution in [0.2, 0.25) is 10.0 Å². The first-order valence-electron chi connectivity index (χ1n) is 8.37. The first kappa shape index (κ1) is 17.6. The molecule has 3 aromatic carbocycles. The molecule has 0 aliphatic carbocycles. The van der Waals surface area contributed by atoms with Gasteiger partial charge in [-0.25, -0.2) is 4.79 Å². The molecule has 0 N–H and O–H groups in total. The highest BCUT2D eigenvalue weighted by atomic mass is 35.5. The highest BCUT2D eigenvalue weighted by Gasteiger charge is 2.14. The molecule has 27 heavy (non-hydrogen) atoms. The Bertz CT molecular complexity index is 1190. The number of benzene rings is 3. The third kappa shape index (κ3) is 3.68. The van der Waals surface area contributed by atoms with Crippen molar-refractivity contribution in [3.05, 3.63) is 104 Å². The van der Waals surface area contributed by atoms with E-state index in [9.17, 15) is 4.79 Å². The fourth-order valence-electron chi connectivity index (χ4n) is 2.97. The second-order valence-electron chi connectivity index (χ2n) is 6.07. The van der Waals surface area contributed by atoms with Crippen LogP contribution in [-0.2, 0) is 0 Å². The highest BCUT2D eigenvalue weighted by molar-refractivity contribution is 6.31. The molecule has 132 valence electrons. The predicted octanol–water partition coefficient (Wildman–Crippen LogP) is 6.94. The van der Waals surface area contributed by atoms with Crippen molar-refractivity contribution in [1.29, 1.82) is 0 Å². The number of hydrogen-bond donors (Lipinski definition) is 0. The SMILES string of the molecule is O=c1oc(-c2ccccc2)c(/C=C/c2ccc(Cl)cc2)c2ccc(Cl)cc12. The molecular weight excluding hydrogens is 379 g/mol. The lowest BCUT2D eigenvalue weighted by molar-refractivity contribution is 0.534. The summed E-state index contributed by atoms with van der Waals surface area (Å²) in [6.45, 7) is 0. The van der Waals surface area contributed by atoms with E-state index in [-0.39, 0.29) is 0 Å². The van der Waals surface area contributed by atoms with Gasteiger partial charge < -0.3 is 4.42 Å². The van der Waals surface area contributed by atoms with Crippen LogP contribution in [-0.4, -0.2) is 0 Å². The van der Waals surface area contributed by atoms with E-state index in [1.807, 2.05) is 72.8 Å². The molecule has 1 aromatic heterocycles. The summed E-state index contributed by atoms with van der Waals surface area (Å²) in [5.41, 5.74) is 2.24. The van der Waals surface area contributed by atoms with Gasteiger partial charge in [-0.3, -0.25) is 0 Å². The van der Waals surface area contributed by atoms with E-state index in [0.29, 0.717) is 21.2 Å². The van der Waals surface area contributed by atoms with Crippen LogP contribution in [0.4, 0.5) is 0 Å². The number of fused-ring (bicyclic) bond motifs is 1. The molecule has 2 nitrogen and oxygen atoms in total. The van der Waals surface area contributed by atoms with Crippen molar-refractivity contribution in [2.75, 3.05) is 0 Å². The largest absolute Gasteiger partial charge is 0.422 e. The van der Waals surface area contributed by atoms with Gasteiger partial charge in [-0.2, -0.15) is 0 Å². The fourth-order valence-corrected chi connectivity index (χ4v) is 3.27. The second-order valence-corrected chi connectivity index (χ2v) is 6.95. The van der Waals surface area contributed by atoms with Gasteiger partial charge in [-0.1, -0.05) is 77.8 Å². The van der Waals surface area contributed by atoms with Gasteiger partial charge in [0.25, 0.3) is 0 Å². The van der Waals surface area contributed by atoms with Crippen LogP contribution >= 0.6 is 23.2 Å². The van der Waals surface area contributed by atoms with Crippen molar-refractivity contribution in [3.63, 3.8) is 0 Å². The summed E-state index contributed by atoms with van der Waals surface area (Å²) < 4.78 is 5.68. The molecule has 0 amide bonds. The third-order valence-electron chi connectivity index (χ3n) is 4.28. The summed E-state index contributed by atoms with van der Waals surface area (Å²) in [6.07, 6.45) is 3.91. The van der Waals surface area contributed by atoms with E-state index >= 15 is 0 Å². The van der Waals surface area contributed by atoms with E-state index in [4.69, 9.17) is 27.6 Å².